The molecule has 2 aromatic rings. The molecular weight excluding hydrogens is 274 g/mol. The number of pyridine rings is 1. The van der Waals surface area contributed by atoms with E-state index >= 15 is 0 Å². The lowest BCUT2D eigenvalue weighted by molar-refractivity contribution is -0.120. The van der Waals surface area contributed by atoms with Crippen LogP contribution in [0.15, 0.2) is 42.7 Å². The maximum Gasteiger partial charge on any atom is 0.227 e. The Morgan fingerprint density at radius 1 is 1.14 bits per heavy atom. The summed E-state index contributed by atoms with van der Waals surface area (Å²) in [5.74, 6) is 0.252. The molecule has 0 saturated carbocycles. The van der Waals surface area contributed by atoms with Crippen LogP contribution in [0.5, 0.6) is 0 Å². The molecular formula is C18H21N3O. The summed E-state index contributed by atoms with van der Waals surface area (Å²) in [6, 6.07) is 10.1. The molecule has 22 heavy (non-hydrogen) atoms. The third-order valence-corrected chi connectivity index (χ3v) is 4.22. The monoisotopic (exact) mass is 295 g/mol. The number of aryl methyl sites for hydroxylation is 1. The van der Waals surface area contributed by atoms with E-state index in [0.717, 1.165) is 48.3 Å². The normalized spacial score (nSPS) is 15.5. The molecule has 1 aliphatic heterocycles. The van der Waals surface area contributed by atoms with Gasteiger partial charge in [-0.1, -0.05) is 12.1 Å². The van der Waals surface area contributed by atoms with Crippen molar-refractivity contribution in [3.63, 3.8) is 0 Å². The molecule has 0 aliphatic carbocycles. The first-order valence-corrected chi connectivity index (χ1v) is 7.76. The van der Waals surface area contributed by atoms with Crippen LogP contribution in [0.1, 0.15) is 18.4 Å². The van der Waals surface area contributed by atoms with Crippen molar-refractivity contribution >= 4 is 11.6 Å². The number of piperidine rings is 1. The molecule has 2 N–H and O–H groups in total. The molecule has 1 fully saturated rings. The van der Waals surface area contributed by atoms with Crippen molar-refractivity contribution < 1.29 is 4.79 Å². The first-order valence-electron chi connectivity index (χ1n) is 7.76. The Labute approximate surface area is 131 Å². The van der Waals surface area contributed by atoms with Crippen molar-refractivity contribution in [1.82, 2.24) is 10.3 Å². The Morgan fingerprint density at radius 2 is 1.86 bits per heavy atom. The molecule has 1 aliphatic rings. The van der Waals surface area contributed by atoms with Crippen LogP contribution in [0.4, 0.5) is 5.69 Å². The minimum atomic E-state index is 0.116. The van der Waals surface area contributed by atoms with Gasteiger partial charge in [0.05, 0.1) is 0 Å². The van der Waals surface area contributed by atoms with Gasteiger partial charge < -0.3 is 10.6 Å². The standard InChI is InChI=1S/C18H21N3O/c1-13-2-3-16(14-4-8-19-9-5-14)12-17(13)21-18(22)15-6-10-20-11-7-15/h2-5,8-9,12,15,20H,6-7,10-11H2,1H3,(H,21,22). The molecule has 1 aromatic heterocycles. The Hall–Kier alpha value is -2.20. The van der Waals surface area contributed by atoms with Gasteiger partial charge in [0.2, 0.25) is 5.91 Å². The molecule has 2 heterocycles. The van der Waals surface area contributed by atoms with E-state index in [-0.39, 0.29) is 11.8 Å². The fourth-order valence-corrected chi connectivity index (χ4v) is 2.80. The summed E-state index contributed by atoms with van der Waals surface area (Å²) in [5, 5.41) is 6.40. The molecule has 114 valence electrons. The van der Waals surface area contributed by atoms with E-state index < -0.39 is 0 Å². The average Bonchev–Trinajstić information content (AvgIpc) is 2.58. The highest BCUT2D eigenvalue weighted by Crippen LogP contribution is 2.26. The van der Waals surface area contributed by atoms with Crippen molar-refractivity contribution in [3.8, 4) is 11.1 Å². The van der Waals surface area contributed by atoms with Gasteiger partial charge in [0.15, 0.2) is 0 Å². The highest BCUT2D eigenvalue weighted by atomic mass is 16.1. The molecule has 1 amide bonds. The zero-order chi connectivity index (χ0) is 15.4. The van der Waals surface area contributed by atoms with Crippen LogP contribution < -0.4 is 10.6 Å². The summed E-state index contributed by atoms with van der Waals surface area (Å²) in [4.78, 5) is 16.5. The molecule has 1 aromatic carbocycles. The molecule has 3 rings (SSSR count). The Kier molecular flexibility index (Phi) is 4.49. The van der Waals surface area contributed by atoms with Crippen molar-refractivity contribution in [1.29, 1.82) is 0 Å². The van der Waals surface area contributed by atoms with Gasteiger partial charge in [-0.25, -0.2) is 0 Å². The zero-order valence-corrected chi connectivity index (χ0v) is 12.8. The zero-order valence-electron chi connectivity index (χ0n) is 12.8. The highest BCUT2D eigenvalue weighted by Gasteiger charge is 2.21. The molecule has 4 heteroatoms. The first kappa shape index (κ1) is 14.7. The predicted molar refractivity (Wildman–Crippen MR) is 88.6 cm³/mol. The number of aromatic nitrogens is 1. The number of nitrogens with one attached hydrogen (secondary N) is 2. The van der Waals surface area contributed by atoms with Crippen molar-refractivity contribution in [2.45, 2.75) is 19.8 Å². The minimum absolute atomic E-state index is 0.116. The summed E-state index contributed by atoms with van der Waals surface area (Å²) >= 11 is 0. The Bertz CT molecular complexity index is 649. The molecule has 0 unspecified atom stereocenters. The molecule has 0 atom stereocenters. The number of rotatable bonds is 3. The van der Waals surface area contributed by atoms with E-state index in [1.54, 1.807) is 12.4 Å². The topological polar surface area (TPSA) is 54.0 Å². The largest absolute Gasteiger partial charge is 0.326 e. The number of amides is 1. The van der Waals surface area contributed by atoms with Crippen LogP contribution >= 0.6 is 0 Å². The van der Waals surface area contributed by atoms with Crippen LogP contribution in [-0.4, -0.2) is 24.0 Å². The second-order valence-electron chi connectivity index (χ2n) is 5.78. The SMILES string of the molecule is Cc1ccc(-c2ccncc2)cc1NC(=O)C1CCNCC1. The van der Waals surface area contributed by atoms with Crippen LogP contribution in [-0.2, 0) is 4.79 Å². The molecule has 0 bridgehead atoms. The van der Waals surface area contributed by atoms with Crippen molar-refractivity contribution in [2.75, 3.05) is 18.4 Å². The van der Waals surface area contributed by atoms with Gasteiger partial charge in [-0.15, -0.1) is 0 Å². The smallest absolute Gasteiger partial charge is 0.227 e. The quantitative estimate of drug-likeness (QED) is 0.915. The second kappa shape index (κ2) is 6.71. The lowest BCUT2D eigenvalue weighted by Gasteiger charge is -2.22. The van der Waals surface area contributed by atoms with E-state index in [9.17, 15) is 4.79 Å². The fraction of sp³-hybridized carbons (Fsp3) is 0.333. The second-order valence-corrected chi connectivity index (χ2v) is 5.78. The molecule has 0 spiro atoms. The number of carbonyl (C=O) groups is 1. The van der Waals surface area contributed by atoms with Crippen molar-refractivity contribution in [2.24, 2.45) is 5.92 Å². The summed E-state index contributed by atoms with van der Waals surface area (Å²) < 4.78 is 0. The fourth-order valence-electron chi connectivity index (χ4n) is 2.80. The maximum absolute atomic E-state index is 12.4. The molecule has 1 saturated heterocycles. The number of nitrogens with zero attached hydrogens (tertiary/aromatic N) is 1. The first-order chi connectivity index (χ1) is 10.7. The number of hydrogen-bond acceptors (Lipinski definition) is 3. The third kappa shape index (κ3) is 3.34. The van der Waals surface area contributed by atoms with E-state index in [2.05, 4.69) is 21.7 Å². The van der Waals surface area contributed by atoms with Crippen LogP contribution in [0, 0.1) is 12.8 Å². The Morgan fingerprint density at radius 3 is 2.59 bits per heavy atom. The van der Waals surface area contributed by atoms with E-state index in [0.29, 0.717) is 0 Å². The molecule has 4 nitrogen and oxygen atoms in total. The summed E-state index contributed by atoms with van der Waals surface area (Å²) in [6.45, 7) is 3.87. The van der Waals surface area contributed by atoms with Gasteiger partial charge in [-0.3, -0.25) is 9.78 Å². The van der Waals surface area contributed by atoms with E-state index in [4.69, 9.17) is 0 Å². The molecule has 0 radical (unpaired) electrons. The number of carbonyl (C=O) groups excluding carboxylic acids is 1. The lowest BCUT2D eigenvalue weighted by atomic mass is 9.96. The lowest BCUT2D eigenvalue weighted by Crippen LogP contribution is -2.34. The van der Waals surface area contributed by atoms with Gasteiger partial charge >= 0.3 is 0 Å². The van der Waals surface area contributed by atoms with Crippen LogP contribution in [0.3, 0.4) is 0 Å². The third-order valence-electron chi connectivity index (χ3n) is 4.22. The summed E-state index contributed by atoms with van der Waals surface area (Å²) in [5.41, 5.74) is 4.18. The van der Waals surface area contributed by atoms with Gasteiger partial charge in [-0.2, -0.15) is 0 Å². The average molecular weight is 295 g/mol. The highest BCUT2D eigenvalue weighted by molar-refractivity contribution is 5.94. The predicted octanol–water partition coefficient (Wildman–Crippen LogP) is 3.00. The van der Waals surface area contributed by atoms with Gasteiger partial charge in [0.1, 0.15) is 0 Å². The van der Waals surface area contributed by atoms with Gasteiger partial charge in [0, 0.05) is 24.0 Å². The van der Waals surface area contributed by atoms with Crippen LogP contribution in [0.25, 0.3) is 11.1 Å². The van der Waals surface area contributed by atoms with Crippen molar-refractivity contribution in [3.05, 3.63) is 48.3 Å². The van der Waals surface area contributed by atoms with Crippen LogP contribution in [0.2, 0.25) is 0 Å². The van der Waals surface area contributed by atoms with E-state index in [1.807, 2.05) is 31.2 Å². The van der Waals surface area contributed by atoms with E-state index in [1.165, 1.54) is 0 Å². The summed E-state index contributed by atoms with van der Waals surface area (Å²) in [6.07, 6.45) is 5.38. The number of anilines is 1. The Balaban J connectivity index is 1.79. The summed E-state index contributed by atoms with van der Waals surface area (Å²) in [7, 11) is 0. The van der Waals surface area contributed by atoms with Gasteiger partial charge in [-0.05, 0) is 67.7 Å². The minimum Gasteiger partial charge on any atom is -0.326 e. The number of hydrogen-bond donors (Lipinski definition) is 2. The maximum atomic E-state index is 12.4. The van der Waals surface area contributed by atoms with Gasteiger partial charge in [0.25, 0.3) is 0 Å². The number of benzene rings is 1.